The van der Waals surface area contributed by atoms with Crippen LogP contribution in [0.1, 0.15) is 5.56 Å². The van der Waals surface area contributed by atoms with Crippen LogP contribution in [-0.2, 0) is 6.54 Å². The van der Waals surface area contributed by atoms with Crippen molar-refractivity contribution in [1.82, 2.24) is 19.4 Å². The number of benzene rings is 2. The van der Waals surface area contributed by atoms with Gasteiger partial charge in [-0.05, 0) is 48.0 Å². The topological polar surface area (TPSA) is 75.2 Å². The molecule has 1 aliphatic heterocycles. The molecule has 9 heteroatoms. The second-order valence-electron chi connectivity index (χ2n) is 8.48. The van der Waals surface area contributed by atoms with Gasteiger partial charge in [-0.2, -0.15) is 4.98 Å². The third-order valence-corrected chi connectivity index (χ3v) is 6.08. The molecule has 2 aromatic heterocycles. The lowest BCUT2D eigenvalue weighted by molar-refractivity contribution is 0.265. The number of nitrogens with one attached hydrogen (secondary N) is 1. The van der Waals surface area contributed by atoms with Gasteiger partial charge in [-0.25, -0.2) is 13.8 Å². The van der Waals surface area contributed by atoms with Crippen LogP contribution in [0.4, 0.5) is 26.1 Å². The summed E-state index contributed by atoms with van der Waals surface area (Å²) in [6, 6.07) is 13.6. The molecule has 3 heterocycles. The molecular weight excluding hydrogens is 436 g/mol. The molecule has 176 valence electrons. The quantitative estimate of drug-likeness (QED) is 0.436. The number of halogens is 2. The Balaban J connectivity index is 1.28. The summed E-state index contributed by atoms with van der Waals surface area (Å²) in [7, 11) is 0. The zero-order valence-electron chi connectivity index (χ0n) is 18.8. The number of piperazine rings is 1. The first-order valence-corrected chi connectivity index (χ1v) is 11.4. The molecule has 3 N–H and O–H groups in total. The van der Waals surface area contributed by atoms with Crippen LogP contribution >= 0.6 is 0 Å². The highest BCUT2D eigenvalue weighted by Gasteiger charge is 2.16. The van der Waals surface area contributed by atoms with E-state index in [0.717, 1.165) is 49.9 Å². The minimum Gasteiger partial charge on any atom is -0.369 e. The molecule has 7 nitrogen and oxygen atoms in total. The molecule has 0 atom stereocenters. The largest absolute Gasteiger partial charge is 0.369 e. The van der Waals surface area contributed by atoms with Crippen LogP contribution in [0.15, 0.2) is 60.9 Å². The van der Waals surface area contributed by atoms with Crippen LogP contribution in [0.25, 0.3) is 11.0 Å². The predicted octanol–water partition coefficient (Wildman–Crippen LogP) is 3.58. The molecule has 0 aliphatic carbocycles. The van der Waals surface area contributed by atoms with Crippen molar-refractivity contribution in [1.29, 1.82) is 0 Å². The maximum atomic E-state index is 13.6. The first kappa shape index (κ1) is 22.2. The highest BCUT2D eigenvalue weighted by atomic mass is 19.1. The maximum Gasteiger partial charge on any atom is 0.229 e. The first-order valence-electron chi connectivity index (χ1n) is 11.4. The van der Waals surface area contributed by atoms with Gasteiger partial charge in [0.05, 0.1) is 0 Å². The van der Waals surface area contributed by atoms with E-state index in [-0.39, 0.29) is 0 Å². The van der Waals surface area contributed by atoms with Gasteiger partial charge in [0.25, 0.3) is 0 Å². The third kappa shape index (κ3) is 5.00. The zero-order valence-corrected chi connectivity index (χ0v) is 18.8. The summed E-state index contributed by atoms with van der Waals surface area (Å²) in [5.74, 6) is -0.727. The van der Waals surface area contributed by atoms with Crippen LogP contribution < -0.4 is 16.0 Å². The number of nitrogens with two attached hydrogens (primary N) is 1. The van der Waals surface area contributed by atoms with Crippen LogP contribution in [0.3, 0.4) is 0 Å². The van der Waals surface area contributed by atoms with Crippen molar-refractivity contribution in [3.63, 3.8) is 0 Å². The van der Waals surface area contributed by atoms with Gasteiger partial charge in [-0.3, -0.25) is 4.90 Å². The van der Waals surface area contributed by atoms with E-state index in [9.17, 15) is 8.78 Å². The Morgan fingerprint density at radius 2 is 1.68 bits per heavy atom. The van der Waals surface area contributed by atoms with E-state index < -0.39 is 11.6 Å². The summed E-state index contributed by atoms with van der Waals surface area (Å²) < 4.78 is 29.0. The van der Waals surface area contributed by atoms with E-state index in [1.165, 1.54) is 17.8 Å². The molecule has 0 radical (unpaired) electrons. The third-order valence-electron chi connectivity index (χ3n) is 6.08. The van der Waals surface area contributed by atoms with Crippen LogP contribution in [-0.4, -0.2) is 58.7 Å². The lowest BCUT2D eigenvalue weighted by atomic mass is 10.2. The Bertz CT molecular complexity index is 1240. The highest BCUT2D eigenvalue weighted by Crippen LogP contribution is 2.23. The van der Waals surface area contributed by atoms with E-state index in [1.807, 2.05) is 29.0 Å². The average molecular weight is 464 g/mol. The SMILES string of the molecule is NCCN1CCN(c2ccc(Nc3ncc4ccn(Cc5cc(F)cc(F)c5)c4n3)cc2)CC1. The minimum absolute atomic E-state index is 0.307. The molecule has 1 saturated heterocycles. The summed E-state index contributed by atoms with van der Waals surface area (Å²) in [6.45, 7) is 5.96. The summed E-state index contributed by atoms with van der Waals surface area (Å²) in [5.41, 5.74) is 8.95. The second-order valence-corrected chi connectivity index (χ2v) is 8.48. The fourth-order valence-electron chi connectivity index (χ4n) is 4.35. The summed E-state index contributed by atoms with van der Waals surface area (Å²) in [6.07, 6.45) is 3.58. The monoisotopic (exact) mass is 463 g/mol. The number of rotatable bonds is 7. The number of anilines is 3. The predicted molar refractivity (Wildman–Crippen MR) is 130 cm³/mol. The van der Waals surface area contributed by atoms with E-state index >= 15 is 0 Å². The van der Waals surface area contributed by atoms with Crippen molar-refractivity contribution in [2.24, 2.45) is 5.73 Å². The molecule has 1 aliphatic rings. The Hall–Kier alpha value is -3.56. The summed E-state index contributed by atoms with van der Waals surface area (Å²) >= 11 is 0. The first-order chi connectivity index (χ1) is 16.6. The fourth-order valence-corrected chi connectivity index (χ4v) is 4.35. The zero-order chi connectivity index (χ0) is 23.5. The standard InChI is InChI=1S/C25H27F2N7/c26-20-13-18(14-21(27)15-20)17-34-7-5-19-16-29-25(31-24(19)34)30-22-1-3-23(4-2-22)33-11-9-32(8-6-28)10-12-33/h1-5,7,13-16H,6,8-12,17,28H2,(H,29,30,31). The Morgan fingerprint density at radius 1 is 0.941 bits per heavy atom. The summed E-state index contributed by atoms with van der Waals surface area (Å²) in [4.78, 5) is 13.8. The Kier molecular flexibility index (Phi) is 6.37. The fraction of sp³-hybridized carbons (Fsp3) is 0.280. The van der Waals surface area contributed by atoms with E-state index in [4.69, 9.17) is 5.73 Å². The van der Waals surface area contributed by atoms with Crippen molar-refractivity contribution >= 4 is 28.4 Å². The lowest BCUT2D eigenvalue weighted by Gasteiger charge is -2.36. The van der Waals surface area contributed by atoms with Crippen LogP contribution in [0, 0.1) is 11.6 Å². The van der Waals surface area contributed by atoms with E-state index in [0.29, 0.717) is 30.2 Å². The smallest absolute Gasteiger partial charge is 0.229 e. The van der Waals surface area contributed by atoms with E-state index in [1.54, 1.807) is 6.20 Å². The number of aromatic nitrogens is 3. The van der Waals surface area contributed by atoms with Gasteiger partial charge >= 0.3 is 0 Å². The van der Waals surface area contributed by atoms with Gasteiger partial charge in [0, 0.05) is 81.0 Å². The van der Waals surface area contributed by atoms with Crippen LogP contribution in [0.5, 0.6) is 0 Å². The van der Waals surface area contributed by atoms with Crippen molar-refractivity contribution in [3.05, 3.63) is 78.1 Å². The van der Waals surface area contributed by atoms with Gasteiger partial charge in [-0.15, -0.1) is 0 Å². The van der Waals surface area contributed by atoms with Gasteiger partial charge in [0.2, 0.25) is 5.95 Å². The highest BCUT2D eigenvalue weighted by molar-refractivity contribution is 5.77. The molecule has 0 saturated carbocycles. The number of hydrogen-bond donors (Lipinski definition) is 2. The van der Waals surface area contributed by atoms with Crippen molar-refractivity contribution < 1.29 is 8.78 Å². The molecule has 0 bridgehead atoms. The lowest BCUT2D eigenvalue weighted by Crippen LogP contribution is -2.47. The average Bonchev–Trinajstić information content (AvgIpc) is 3.22. The molecule has 0 unspecified atom stereocenters. The molecule has 2 aromatic carbocycles. The molecule has 1 fully saturated rings. The molecule has 4 aromatic rings. The molecule has 0 amide bonds. The number of hydrogen-bond acceptors (Lipinski definition) is 6. The number of fused-ring (bicyclic) bond motifs is 1. The number of nitrogens with zero attached hydrogens (tertiary/aromatic N) is 5. The molecular formula is C25H27F2N7. The van der Waals surface area contributed by atoms with Gasteiger partial charge < -0.3 is 20.5 Å². The Morgan fingerprint density at radius 3 is 2.38 bits per heavy atom. The van der Waals surface area contributed by atoms with E-state index in [2.05, 4.69) is 37.2 Å². The van der Waals surface area contributed by atoms with Gasteiger partial charge in [0.15, 0.2) is 0 Å². The van der Waals surface area contributed by atoms with Crippen LogP contribution in [0.2, 0.25) is 0 Å². The second kappa shape index (κ2) is 9.74. The van der Waals surface area contributed by atoms with Crippen molar-refractivity contribution in [2.45, 2.75) is 6.54 Å². The van der Waals surface area contributed by atoms with Crippen molar-refractivity contribution in [2.75, 3.05) is 49.5 Å². The molecule has 0 spiro atoms. The Labute approximate surface area is 196 Å². The van der Waals surface area contributed by atoms with Crippen molar-refractivity contribution in [3.8, 4) is 0 Å². The van der Waals surface area contributed by atoms with Gasteiger partial charge in [-0.1, -0.05) is 0 Å². The molecule has 5 rings (SSSR count). The normalized spacial score (nSPS) is 14.6. The maximum absolute atomic E-state index is 13.6. The van der Waals surface area contributed by atoms with Gasteiger partial charge in [0.1, 0.15) is 17.3 Å². The summed E-state index contributed by atoms with van der Waals surface area (Å²) in [5, 5.41) is 4.11. The minimum atomic E-state index is -0.593. The molecule has 34 heavy (non-hydrogen) atoms.